The summed E-state index contributed by atoms with van der Waals surface area (Å²) < 4.78 is 7.25. The van der Waals surface area contributed by atoms with Gasteiger partial charge in [0.15, 0.2) is 11.0 Å². The Morgan fingerprint density at radius 3 is 2.45 bits per heavy atom. The molecular weight excluding hydrogens is 390 g/mol. The maximum atomic E-state index is 12.3. The van der Waals surface area contributed by atoms with Crippen LogP contribution in [-0.2, 0) is 16.1 Å². The van der Waals surface area contributed by atoms with Crippen molar-refractivity contribution in [3.63, 3.8) is 0 Å². The number of carbonyl (C=O) groups is 2. The third-order valence-corrected chi connectivity index (χ3v) is 4.92. The van der Waals surface area contributed by atoms with E-state index in [1.165, 1.54) is 18.7 Å². The number of aryl methyl sites for hydroxylation is 1. The Kier molecular flexibility index (Phi) is 6.50. The Morgan fingerprint density at radius 2 is 1.86 bits per heavy atom. The highest BCUT2D eigenvalue weighted by molar-refractivity contribution is 7.99. The Morgan fingerprint density at radius 1 is 1.17 bits per heavy atom. The number of thioether (sulfide) groups is 1. The standard InChI is InChI=1S/C20H21N5O3S/c1-4-10-25-19(17-9-11-28-13(17)2)23-24-20(25)29-12-18(27)22-16-7-5-15(6-8-16)21-14(3)26/h4-9,11H,1,10,12H2,2-3H3,(H,21,26)(H,22,27). The van der Waals surface area contributed by atoms with Gasteiger partial charge in [-0.2, -0.15) is 0 Å². The molecule has 9 heteroatoms. The number of nitrogens with one attached hydrogen (secondary N) is 2. The summed E-state index contributed by atoms with van der Waals surface area (Å²) in [6, 6.07) is 8.75. The monoisotopic (exact) mass is 411 g/mol. The fraction of sp³-hybridized carbons (Fsp3) is 0.200. The van der Waals surface area contributed by atoms with Gasteiger partial charge in [-0.05, 0) is 37.3 Å². The average molecular weight is 411 g/mol. The van der Waals surface area contributed by atoms with Crippen molar-refractivity contribution in [2.75, 3.05) is 16.4 Å². The normalized spacial score (nSPS) is 10.6. The molecule has 0 aliphatic heterocycles. The minimum Gasteiger partial charge on any atom is -0.469 e. The fourth-order valence-corrected chi connectivity index (χ4v) is 3.42. The predicted molar refractivity (Wildman–Crippen MR) is 113 cm³/mol. The lowest BCUT2D eigenvalue weighted by atomic mass is 10.2. The summed E-state index contributed by atoms with van der Waals surface area (Å²) in [5, 5.41) is 14.6. The molecule has 2 aromatic heterocycles. The minimum atomic E-state index is -0.170. The molecule has 150 valence electrons. The number of amides is 2. The van der Waals surface area contributed by atoms with E-state index >= 15 is 0 Å². The van der Waals surface area contributed by atoms with Crippen LogP contribution in [-0.4, -0.2) is 32.3 Å². The number of hydrogen-bond donors (Lipinski definition) is 2. The molecule has 3 rings (SSSR count). The molecule has 2 heterocycles. The molecular formula is C20H21N5O3S. The molecule has 1 aromatic carbocycles. The van der Waals surface area contributed by atoms with Crippen LogP contribution in [0, 0.1) is 6.92 Å². The van der Waals surface area contributed by atoms with Crippen molar-refractivity contribution in [1.82, 2.24) is 14.8 Å². The zero-order chi connectivity index (χ0) is 20.8. The van der Waals surface area contributed by atoms with Crippen LogP contribution in [0.1, 0.15) is 12.7 Å². The number of anilines is 2. The summed E-state index contributed by atoms with van der Waals surface area (Å²) in [7, 11) is 0. The van der Waals surface area contributed by atoms with Crippen LogP contribution in [0.3, 0.4) is 0 Å². The summed E-state index contributed by atoms with van der Waals surface area (Å²) in [4.78, 5) is 23.4. The molecule has 0 fully saturated rings. The first-order chi connectivity index (χ1) is 14.0. The van der Waals surface area contributed by atoms with Crippen LogP contribution in [0.4, 0.5) is 11.4 Å². The molecule has 0 aliphatic carbocycles. The van der Waals surface area contributed by atoms with Gasteiger partial charge in [-0.25, -0.2) is 0 Å². The first-order valence-corrected chi connectivity index (χ1v) is 9.85. The lowest BCUT2D eigenvalue weighted by Crippen LogP contribution is -2.15. The second kappa shape index (κ2) is 9.24. The molecule has 29 heavy (non-hydrogen) atoms. The van der Waals surface area contributed by atoms with E-state index in [4.69, 9.17) is 4.42 Å². The largest absolute Gasteiger partial charge is 0.469 e. The van der Waals surface area contributed by atoms with Gasteiger partial charge in [0, 0.05) is 24.8 Å². The maximum Gasteiger partial charge on any atom is 0.234 e. The summed E-state index contributed by atoms with van der Waals surface area (Å²) in [5.74, 6) is 1.28. The van der Waals surface area contributed by atoms with Crippen LogP contribution in [0.5, 0.6) is 0 Å². The molecule has 0 bridgehead atoms. The number of carbonyl (C=O) groups excluding carboxylic acids is 2. The fourth-order valence-electron chi connectivity index (χ4n) is 2.67. The number of rotatable bonds is 8. The van der Waals surface area contributed by atoms with Crippen LogP contribution in [0.15, 0.2) is 58.8 Å². The van der Waals surface area contributed by atoms with Gasteiger partial charge in [0.05, 0.1) is 17.6 Å². The zero-order valence-corrected chi connectivity index (χ0v) is 17.0. The average Bonchev–Trinajstić information content (AvgIpc) is 3.27. The molecule has 0 saturated heterocycles. The number of benzene rings is 1. The molecule has 0 unspecified atom stereocenters. The Balaban J connectivity index is 1.64. The highest BCUT2D eigenvalue weighted by atomic mass is 32.2. The third-order valence-electron chi connectivity index (χ3n) is 3.95. The van der Waals surface area contributed by atoms with Crippen LogP contribution in [0.25, 0.3) is 11.4 Å². The summed E-state index contributed by atoms with van der Waals surface area (Å²) in [6.07, 6.45) is 3.36. The molecule has 2 amide bonds. The van der Waals surface area contributed by atoms with Crippen LogP contribution < -0.4 is 10.6 Å². The van der Waals surface area contributed by atoms with Crippen molar-refractivity contribution >= 4 is 35.0 Å². The van der Waals surface area contributed by atoms with E-state index < -0.39 is 0 Å². The summed E-state index contributed by atoms with van der Waals surface area (Å²) in [5.41, 5.74) is 2.17. The molecule has 0 atom stereocenters. The van der Waals surface area contributed by atoms with E-state index in [1.807, 2.05) is 17.6 Å². The van der Waals surface area contributed by atoms with Gasteiger partial charge in [0.25, 0.3) is 0 Å². The molecule has 0 saturated carbocycles. The molecule has 0 spiro atoms. The Labute approximate surface area is 172 Å². The second-order valence-corrected chi connectivity index (χ2v) is 7.13. The van der Waals surface area contributed by atoms with Crippen molar-refractivity contribution in [1.29, 1.82) is 0 Å². The maximum absolute atomic E-state index is 12.3. The van der Waals surface area contributed by atoms with Crippen molar-refractivity contribution in [3.8, 4) is 11.4 Å². The van der Waals surface area contributed by atoms with Gasteiger partial charge in [-0.1, -0.05) is 17.8 Å². The quantitative estimate of drug-likeness (QED) is 0.433. The van der Waals surface area contributed by atoms with E-state index in [9.17, 15) is 9.59 Å². The van der Waals surface area contributed by atoms with E-state index in [1.54, 1.807) is 36.6 Å². The molecule has 3 aromatic rings. The van der Waals surface area contributed by atoms with E-state index in [2.05, 4.69) is 27.4 Å². The Hall–Kier alpha value is -3.33. The molecule has 8 nitrogen and oxygen atoms in total. The smallest absolute Gasteiger partial charge is 0.234 e. The van der Waals surface area contributed by atoms with Gasteiger partial charge >= 0.3 is 0 Å². The molecule has 0 aliphatic rings. The summed E-state index contributed by atoms with van der Waals surface area (Å²) >= 11 is 1.29. The topological polar surface area (TPSA) is 102 Å². The van der Waals surface area contributed by atoms with Gasteiger partial charge in [0.1, 0.15) is 5.76 Å². The highest BCUT2D eigenvalue weighted by Gasteiger charge is 2.17. The van der Waals surface area contributed by atoms with Gasteiger partial charge in [-0.3, -0.25) is 14.2 Å². The second-order valence-electron chi connectivity index (χ2n) is 6.19. The van der Waals surface area contributed by atoms with Crippen molar-refractivity contribution < 1.29 is 14.0 Å². The van der Waals surface area contributed by atoms with Gasteiger partial charge < -0.3 is 15.1 Å². The Bertz CT molecular complexity index is 1020. The summed E-state index contributed by atoms with van der Waals surface area (Å²) in [6.45, 7) is 7.60. The van der Waals surface area contributed by atoms with Crippen molar-refractivity contribution in [2.45, 2.75) is 25.5 Å². The van der Waals surface area contributed by atoms with Crippen LogP contribution in [0.2, 0.25) is 0 Å². The van der Waals surface area contributed by atoms with Gasteiger partial charge in [0.2, 0.25) is 11.8 Å². The lowest BCUT2D eigenvalue weighted by Gasteiger charge is -2.08. The van der Waals surface area contributed by atoms with Crippen LogP contribution >= 0.6 is 11.8 Å². The first kappa shape index (κ1) is 20.4. The molecule has 2 N–H and O–H groups in total. The number of aromatic nitrogens is 3. The lowest BCUT2D eigenvalue weighted by molar-refractivity contribution is -0.114. The predicted octanol–water partition coefficient (Wildman–Crippen LogP) is 3.72. The molecule has 0 radical (unpaired) electrons. The third kappa shape index (κ3) is 5.14. The van der Waals surface area contributed by atoms with Crippen molar-refractivity contribution in [3.05, 3.63) is 55.0 Å². The SMILES string of the molecule is C=CCn1c(SCC(=O)Nc2ccc(NC(C)=O)cc2)nnc1-c1ccoc1C. The van der Waals surface area contributed by atoms with Gasteiger partial charge in [-0.15, -0.1) is 16.8 Å². The minimum absolute atomic E-state index is 0.146. The zero-order valence-electron chi connectivity index (χ0n) is 16.1. The first-order valence-electron chi connectivity index (χ1n) is 8.86. The van der Waals surface area contributed by atoms with E-state index in [-0.39, 0.29) is 17.6 Å². The number of furan rings is 1. The van der Waals surface area contributed by atoms with E-state index in [0.717, 1.165) is 11.3 Å². The number of allylic oxidation sites excluding steroid dienone is 1. The van der Waals surface area contributed by atoms with E-state index in [0.29, 0.717) is 28.9 Å². The van der Waals surface area contributed by atoms with Crippen molar-refractivity contribution in [2.24, 2.45) is 0 Å². The number of nitrogens with zero attached hydrogens (tertiary/aromatic N) is 3. The highest BCUT2D eigenvalue weighted by Crippen LogP contribution is 2.27. The number of hydrogen-bond acceptors (Lipinski definition) is 6.